The highest BCUT2D eigenvalue weighted by molar-refractivity contribution is 5.71. The fourth-order valence-electron chi connectivity index (χ4n) is 7.73. The van der Waals surface area contributed by atoms with Crippen LogP contribution in [-0.2, 0) is 28.6 Å². The number of hydrogen-bond donors (Lipinski definition) is 0. The zero-order chi connectivity index (χ0) is 45.8. The minimum atomic E-state index is -0.790. The highest BCUT2D eigenvalue weighted by atomic mass is 16.6. The predicted octanol–water partition coefficient (Wildman–Crippen LogP) is 17.9. The van der Waals surface area contributed by atoms with Gasteiger partial charge in [0.25, 0.3) is 0 Å². The van der Waals surface area contributed by atoms with Crippen molar-refractivity contribution in [2.75, 3.05) is 13.2 Å². The first-order chi connectivity index (χ1) is 31.0. The van der Waals surface area contributed by atoms with Gasteiger partial charge in [-0.2, -0.15) is 0 Å². The van der Waals surface area contributed by atoms with Crippen LogP contribution in [0, 0.1) is 0 Å². The first-order valence-corrected chi connectivity index (χ1v) is 27.1. The largest absolute Gasteiger partial charge is 0.462 e. The first-order valence-electron chi connectivity index (χ1n) is 27.1. The molecule has 0 aliphatic heterocycles. The second-order valence-corrected chi connectivity index (χ2v) is 18.2. The molecule has 0 aromatic carbocycles. The molecular weight excluding hydrogens is 781 g/mol. The van der Waals surface area contributed by atoms with E-state index in [0.717, 1.165) is 64.2 Å². The van der Waals surface area contributed by atoms with Gasteiger partial charge in [0.2, 0.25) is 0 Å². The van der Waals surface area contributed by atoms with Gasteiger partial charge < -0.3 is 14.2 Å². The molecule has 0 amide bonds. The minimum absolute atomic E-state index is 0.0859. The summed E-state index contributed by atoms with van der Waals surface area (Å²) < 4.78 is 16.8. The van der Waals surface area contributed by atoms with Crippen LogP contribution >= 0.6 is 0 Å². The molecule has 0 aliphatic carbocycles. The van der Waals surface area contributed by atoms with Gasteiger partial charge in [-0.25, -0.2) is 0 Å². The Kier molecular flexibility index (Phi) is 49.8. The molecule has 0 saturated heterocycles. The Hall–Kier alpha value is -2.63. The van der Waals surface area contributed by atoms with E-state index in [1.807, 2.05) is 0 Å². The Bertz CT molecular complexity index is 1110. The third-order valence-electron chi connectivity index (χ3n) is 11.8. The zero-order valence-electron chi connectivity index (χ0n) is 41.8. The van der Waals surface area contributed by atoms with Crippen molar-refractivity contribution in [1.82, 2.24) is 0 Å². The Morgan fingerprint density at radius 2 is 0.587 bits per heavy atom. The average Bonchev–Trinajstić information content (AvgIpc) is 3.28. The Morgan fingerprint density at radius 3 is 0.952 bits per heavy atom. The summed E-state index contributed by atoms with van der Waals surface area (Å²) in [5.41, 5.74) is 0. The number of unbranched alkanes of at least 4 members (excludes halogenated alkanes) is 30. The average molecular weight is 883 g/mol. The van der Waals surface area contributed by atoms with E-state index in [-0.39, 0.29) is 37.5 Å². The van der Waals surface area contributed by atoms with Crippen LogP contribution < -0.4 is 0 Å². The fourth-order valence-corrected chi connectivity index (χ4v) is 7.73. The number of esters is 3. The van der Waals surface area contributed by atoms with Gasteiger partial charge in [-0.05, 0) is 57.8 Å². The SMILES string of the molecule is CCCCC/C=C\C/C=C\C/C=C\C/C=C\CCCC(=O)OC[C@H](COC(=O)CCCCCCCCCCCCCCC)OC(=O)CCCCCCCCCCCCCCCCC. The molecule has 0 aromatic heterocycles. The molecule has 0 radical (unpaired) electrons. The Morgan fingerprint density at radius 1 is 0.317 bits per heavy atom. The highest BCUT2D eigenvalue weighted by Crippen LogP contribution is 2.16. The van der Waals surface area contributed by atoms with Gasteiger partial charge in [-0.15, -0.1) is 0 Å². The van der Waals surface area contributed by atoms with Crippen molar-refractivity contribution >= 4 is 17.9 Å². The summed E-state index contributed by atoms with van der Waals surface area (Å²) in [5.74, 6) is -0.932. The lowest BCUT2D eigenvalue weighted by molar-refractivity contribution is -0.167. The summed E-state index contributed by atoms with van der Waals surface area (Å²) >= 11 is 0. The van der Waals surface area contributed by atoms with Gasteiger partial charge in [0, 0.05) is 19.3 Å². The molecule has 0 aromatic rings. The van der Waals surface area contributed by atoms with Gasteiger partial charge in [0.1, 0.15) is 13.2 Å². The number of carbonyl (C=O) groups excluding carboxylic acids is 3. The fraction of sp³-hybridized carbons (Fsp3) is 0.807. The summed E-state index contributed by atoms with van der Waals surface area (Å²) in [6.45, 7) is 6.59. The Balaban J connectivity index is 4.43. The van der Waals surface area contributed by atoms with Crippen LogP contribution in [0.2, 0.25) is 0 Å². The van der Waals surface area contributed by atoms with E-state index in [1.54, 1.807) is 0 Å². The van der Waals surface area contributed by atoms with Crippen molar-refractivity contribution in [2.45, 2.75) is 284 Å². The third-order valence-corrected chi connectivity index (χ3v) is 11.8. The van der Waals surface area contributed by atoms with Crippen LogP contribution in [0.5, 0.6) is 0 Å². The lowest BCUT2D eigenvalue weighted by Crippen LogP contribution is -2.30. The maximum Gasteiger partial charge on any atom is 0.306 e. The van der Waals surface area contributed by atoms with Crippen molar-refractivity contribution in [3.8, 4) is 0 Å². The highest BCUT2D eigenvalue weighted by Gasteiger charge is 2.19. The molecule has 0 rings (SSSR count). The van der Waals surface area contributed by atoms with Gasteiger partial charge in [-0.1, -0.05) is 249 Å². The van der Waals surface area contributed by atoms with E-state index in [4.69, 9.17) is 14.2 Å². The monoisotopic (exact) mass is 883 g/mol. The van der Waals surface area contributed by atoms with Crippen molar-refractivity contribution in [3.05, 3.63) is 48.6 Å². The lowest BCUT2D eigenvalue weighted by Gasteiger charge is -2.18. The molecule has 0 spiro atoms. The maximum absolute atomic E-state index is 12.8. The molecule has 0 saturated carbocycles. The number of ether oxygens (including phenoxy) is 3. The van der Waals surface area contributed by atoms with Crippen LogP contribution in [0.4, 0.5) is 0 Å². The predicted molar refractivity (Wildman–Crippen MR) is 270 cm³/mol. The minimum Gasteiger partial charge on any atom is -0.462 e. The summed E-state index contributed by atoms with van der Waals surface area (Å²) in [5, 5.41) is 0. The van der Waals surface area contributed by atoms with E-state index < -0.39 is 6.10 Å². The summed E-state index contributed by atoms with van der Waals surface area (Å²) in [4.78, 5) is 38.0. The number of rotatable bonds is 49. The van der Waals surface area contributed by atoms with Crippen molar-refractivity contribution in [1.29, 1.82) is 0 Å². The van der Waals surface area contributed by atoms with E-state index in [1.165, 1.54) is 167 Å². The Labute approximate surface area is 390 Å². The van der Waals surface area contributed by atoms with Crippen LogP contribution in [0.1, 0.15) is 278 Å². The molecule has 0 N–H and O–H groups in total. The second-order valence-electron chi connectivity index (χ2n) is 18.2. The third kappa shape index (κ3) is 50.2. The van der Waals surface area contributed by atoms with Crippen LogP contribution in [0.25, 0.3) is 0 Å². The van der Waals surface area contributed by atoms with Crippen LogP contribution in [0.15, 0.2) is 48.6 Å². The maximum atomic E-state index is 12.8. The molecule has 1 atom stereocenters. The van der Waals surface area contributed by atoms with Crippen LogP contribution in [-0.4, -0.2) is 37.2 Å². The molecule has 6 heteroatoms. The van der Waals surface area contributed by atoms with E-state index >= 15 is 0 Å². The zero-order valence-corrected chi connectivity index (χ0v) is 41.8. The second kappa shape index (κ2) is 52.0. The smallest absolute Gasteiger partial charge is 0.306 e. The lowest BCUT2D eigenvalue weighted by atomic mass is 10.0. The van der Waals surface area contributed by atoms with Gasteiger partial charge in [0.05, 0.1) is 0 Å². The quantitative estimate of drug-likeness (QED) is 0.0262. The molecular formula is C57H102O6. The first kappa shape index (κ1) is 60.4. The molecule has 0 bridgehead atoms. The standard InChI is InChI=1S/C57H102O6/c1-4-7-10-13-16-19-22-25-27-28-30-32-35-38-41-44-47-50-56(59)62-53-54(52-61-55(58)49-46-43-40-37-34-31-24-21-18-15-12-9-6-3)63-57(60)51-48-45-42-39-36-33-29-26-23-20-17-14-11-8-5-2/h16,19,25,27,30,32,38,41,54H,4-15,17-18,20-24,26,28-29,31,33-37,39-40,42-53H2,1-3H3/b19-16-,27-25-,32-30-,41-38-/t54-/m0/s1. The van der Waals surface area contributed by atoms with Gasteiger partial charge in [-0.3, -0.25) is 14.4 Å². The van der Waals surface area contributed by atoms with Gasteiger partial charge in [0.15, 0.2) is 6.10 Å². The topological polar surface area (TPSA) is 78.9 Å². The number of hydrogen-bond acceptors (Lipinski definition) is 6. The molecule has 0 aliphatic rings. The molecule has 0 fully saturated rings. The van der Waals surface area contributed by atoms with E-state index in [0.29, 0.717) is 19.3 Å². The van der Waals surface area contributed by atoms with Crippen molar-refractivity contribution < 1.29 is 28.6 Å². The van der Waals surface area contributed by atoms with Gasteiger partial charge >= 0.3 is 17.9 Å². The van der Waals surface area contributed by atoms with Crippen molar-refractivity contribution in [2.24, 2.45) is 0 Å². The molecule has 6 nitrogen and oxygen atoms in total. The van der Waals surface area contributed by atoms with E-state index in [9.17, 15) is 14.4 Å². The van der Waals surface area contributed by atoms with Crippen molar-refractivity contribution in [3.63, 3.8) is 0 Å². The van der Waals surface area contributed by atoms with E-state index in [2.05, 4.69) is 69.4 Å². The molecule has 366 valence electrons. The summed E-state index contributed by atoms with van der Waals surface area (Å²) in [7, 11) is 0. The normalized spacial score (nSPS) is 12.4. The molecule has 0 unspecified atom stereocenters. The number of carbonyl (C=O) groups is 3. The molecule has 0 heterocycles. The summed E-state index contributed by atoms with van der Waals surface area (Å²) in [6, 6.07) is 0. The summed E-state index contributed by atoms with van der Waals surface area (Å²) in [6.07, 6.45) is 62.4. The van der Waals surface area contributed by atoms with Crippen LogP contribution in [0.3, 0.4) is 0 Å². The number of allylic oxidation sites excluding steroid dienone is 8. The molecule has 63 heavy (non-hydrogen) atoms.